The third-order valence-electron chi connectivity index (χ3n) is 3.22. The number of carboxylic acid groups (broad SMARTS) is 1. The number of carbonyl (C=O) groups excluding carboxylic acids is 1. The third kappa shape index (κ3) is 4.83. The molecular weight excluding hydrogens is 322 g/mol. The summed E-state index contributed by atoms with van der Waals surface area (Å²) >= 11 is 0. The smallest absolute Gasteiger partial charge is 0.328 e. The number of hydrogen-bond acceptors (Lipinski definition) is 5. The van der Waals surface area contributed by atoms with Gasteiger partial charge >= 0.3 is 5.97 Å². The van der Waals surface area contributed by atoms with E-state index in [-0.39, 0.29) is 11.7 Å². The first-order valence-corrected chi connectivity index (χ1v) is 7.11. The molecule has 126 valence electrons. The second-order valence-electron chi connectivity index (χ2n) is 4.89. The summed E-state index contributed by atoms with van der Waals surface area (Å²) in [7, 11) is 0. The molecule has 0 aliphatic carbocycles. The van der Waals surface area contributed by atoms with Crippen molar-refractivity contribution in [1.82, 2.24) is 0 Å². The molecule has 25 heavy (non-hydrogen) atoms. The van der Waals surface area contributed by atoms with Crippen molar-refractivity contribution in [3.05, 3.63) is 71.3 Å². The predicted molar refractivity (Wildman–Crippen MR) is 93.4 cm³/mol. The van der Waals surface area contributed by atoms with Gasteiger partial charge < -0.3 is 16.3 Å². The summed E-state index contributed by atoms with van der Waals surface area (Å²) in [5.41, 5.74) is 9.18. The zero-order valence-corrected chi connectivity index (χ0v) is 13.0. The molecule has 0 bridgehead atoms. The Morgan fingerprint density at radius 1 is 1.04 bits per heavy atom. The first-order chi connectivity index (χ1) is 12.0. The summed E-state index contributed by atoms with van der Waals surface area (Å²) in [5, 5.41) is 17.9. The van der Waals surface area contributed by atoms with Gasteiger partial charge in [-0.3, -0.25) is 4.79 Å². The molecule has 2 aromatic rings. The molecule has 0 spiro atoms. The summed E-state index contributed by atoms with van der Waals surface area (Å²) in [5.74, 6) is 3.85. The van der Waals surface area contributed by atoms with E-state index < -0.39 is 5.97 Å². The Bertz CT molecular complexity index is 840. The van der Waals surface area contributed by atoms with E-state index in [0.717, 1.165) is 6.08 Å². The zero-order valence-electron chi connectivity index (χ0n) is 13.0. The molecule has 0 aliphatic rings. The molecule has 0 saturated carbocycles. The number of amidine groups is 1. The minimum absolute atomic E-state index is 0.0666. The summed E-state index contributed by atoms with van der Waals surface area (Å²) in [4.78, 5) is 22.7. The lowest BCUT2D eigenvalue weighted by molar-refractivity contribution is -0.131. The molecule has 2 rings (SSSR count). The van der Waals surface area contributed by atoms with Crippen molar-refractivity contribution in [2.75, 3.05) is 5.32 Å². The lowest BCUT2D eigenvalue weighted by atomic mass is 10.1. The van der Waals surface area contributed by atoms with Gasteiger partial charge in [-0.2, -0.15) is 5.10 Å². The first kappa shape index (κ1) is 17.5. The number of carbonyl (C=O) groups is 2. The van der Waals surface area contributed by atoms with Gasteiger partial charge in [0.25, 0.3) is 5.91 Å². The first-order valence-electron chi connectivity index (χ1n) is 7.11. The van der Waals surface area contributed by atoms with E-state index in [1.54, 1.807) is 48.5 Å². The molecule has 0 atom stereocenters. The molecule has 0 saturated heterocycles. The van der Waals surface area contributed by atoms with E-state index in [1.165, 1.54) is 6.08 Å². The number of hydrazone groups is 1. The van der Waals surface area contributed by atoms with E-state index in [0.29, 0.717) is 22.4 Å². The average Bonchev–Trinajstić information content (AvgIpc) is 2.62. The Balaban J connectivity index is 2.06. The van der Waals surface area contributed by atoms with E-state index in [1.807, 2.05) is 0 Å². The van der Waals surface area contributed by atoms with Crippen LogP contribution >= 0.6 is 0 Å². The van der Waals surface area contributed by atoms with E-state index >= 15 is 0 Å². The fourth-order valence-electron chi connectivity index (χ4n) is 1.99. The van der Waals surface area contributed by atoms with Gasteiger partial charge in [0.05, 0.1) is 0 Å². The zero-order chi connectivity index (χ0) is 18.2. The van der Waals surface area contributed by atoms with Crippen molar-refractivity contribution in [1.29, 1.82) is 5.53 Å². The topological polar surface area (TPSA) is 141 Å². The van der Waals surface area contributed by atoms with Crippen molar-refractivity contribution in [2.24, 2.45) is 16.1 Å². The minimum atomic E-state index is -1.03. The van der Waals surface area contributed by atoms with E-state index in [4.69, 9.17) is 16.5 Å². The van der Waals surface area contributed by atoms with Crippen molar-refractivity contribution in [2.45, 2.75) is 0 Å². The maximum absolute atomic E-state index is 12.2. The molecule has 0 unspecified atom stereocenters. The molecule has 1 amide bonds. The van der Waals surface area contributed by atoms with E-state index in [9.17, 15) is 9.59 Å². The summed E-state index contributed by atoms with van der Waals surface area (Å²) in [6, 6.07) is 13.1. The lowest BCUT2D eigenvalue weighted by Gasteiger charge is -2.06. The van der Waals surface area contributed by atoms with Gasteiger partial charge in [0.1, 0.15) is 0 Å². The number of nitrogens with two attached hydrogens (primary N) is 1. The Morgan fingerprint density at radius 2 is 1.64 bits per heavy atom. The predicted octanol–water partition coefficient (Wildman–Crippen LogP) is 2.69. The maximum Gasteiger partial charge on any atom is 0.328 e. The highest BCUT2D eigenvalue weighted by atomic mass is 16.4. The summed E-state index contributed by atoms with van der Waals surface area (Å²) in [6.07, 6.45) is 2.50. The van der Waals surface area contributed by atoms with Gasteiger partial charge in [-0.1, -0.05) is 24.3 Å². The van der Waals surface area contributed by atoms with Crippen molar-refractivity contribution < 1.29 is 14.7 Å². The summed E-state index contributed by atoms with van der Waals surface area (Å²) < 4.78 is 0. The number of nitrogens with one attached hydrogen (secondary N) is 2. The van der Waals surface area contributed by atoms with Crippen LogP contribution in [0.25, 0.3) is 6.08 Å². The lowest BCUT2D eigenvalue weighted by Crippen LogP contribution is -2.12. The van der Waals surface area contributed by atoms with Crippen molar-refractivity contribution in [3.8, 4) is 0 Å². The molecular formula is C17H15N5O3. The van der Waals surface area contributed by atoms with Gasteiger partial charge in [-0.15, -0.1) is 5.11 Å². The minimum Gasteiger partial charge on any atom is -0.478 e. The number of benzene rings is 2. The Morgan fingerprint density at radius 3 is 2.16 bits per heavy atom. The van der Waals surface area contributed by atoms with Crippen LogP contribution in [0.2, 0.25) is 0 Å². The average molecular weight is 337 g/mol. The van der Waals surface area contributed by atoms with Crippen molar-refractivity contribution in [3.63, 3.8) is 0 Å². The normalized spacial score (nSPS) is 11.3. The largest absolute Gasteiger partial charge is 0.478 e. The van der Waals surface area contributed by atoms with Gasteiger partial charge in [0.15, 0.2) is 5.84 Å². The van der Waals surface area contributed by atoms with Crippen LogP contribution in [0.5, 0.6) is 0 Å². The van der Waals surface area contributed by atoms with Gasteiger partial charge in [-0.25, -0.2) is 10.3 Å². The van der Waals surface area contributed by atoms with E-state index in [2.05, 4.69) is 15.5 Å². The molecule has 8 heteroatoms. The van der Waals surface area contributed by atoms with Crippen LogP contribution in [0, 0.1) is 5.53 Å². The quantitative estimate of drug-likeness (QED) is 0.166. The number of aliphatic carboxylic acids is 1. The van der Waals surface area contributed by atoms with Crippen LogP contribution < -0.4 is 11.2 Å². The molecule has 5 N–H and O–H groups in total. The standard InChI is InChI=1S/C17H15N5O3/c18-21-16(22-19)12-4-6-13(7-5-12)17(25)20-14-8-1-11(2-9-14)3-10-15(23)24/h1-10,18H,19H2,(H,20,25)(H,23,24)/b10-3+,21-18?,22-16-. The van der Waals surface area contributed by atoms with Crippen LogP contribution in [0.4, 0.5) is 5.69 Å². The van der Waals surface area contributed by atoms with Crippen LogP contribution in [0.15, 0.2) is 64.8 Å². The fraction of sp³-hybridized carbons (Fsp3) is 0. The highest BCUT2D eigenvalue weighted by Gasteiger charge is 2.08. The molecule has 0 aromatic heterocycles. The molecule has 0 heterocycles. The van der Waals surface area contributed by atoms with Crippen LogP contribution in [-0.4, -0.2) is 22.8 Å². The number of rotatable bonds is 5. The maximum atomic E-state index is 12.2. The van der Waals surface area contributed by atoms with Gasteiger partial charge in [-0.05, 0) is 35.9 Å². The molecule has 0 fully saturated rings. The van der Waals surface area contributed by atoms with Crippen LogP contribution in [0.3, 0.4) is 0 Å². The van der Waals surface area contributed by atoms with Crippen LogP contribution in [-0.2, 0) is 4.79 Å². The van der Waals surface area contributed by atoms with Crippen LogP contribution in [0.1, 0.15) is 21.5 Å². The number of nitrogens with zero attached hydrogens (tertiary/aromatic N) is 2. The monoisotopic (exact) mass is 337 g/mol. The second kappa shape index (κ2) is 8.16. The van der Waals surface area contributed by atoms with Crippen molar-refractivity contribution >= 4 is 29.5 Å². The highest BCUT2D eigenvalue weighted by molar-refractivity contribution is 6.05. The third-order valence-corrected chi connectivity index (χ3v) is 3.22. The van der Waals surface area contributed by atoms with Gasteiger partial charge in [0, 0.05) is 22.9 Å². The second-order valence-corrected chi connectivity index (χ2v) is 4.89. The molecule has 2 aromatic carbocycles. The number of anilines is 1. The Hall–Kier alpha value is -3.81. The fourth-order valence-corrected chi connectivity index (χ4v) is 1.99. The summed E-state index contributed by atoms with van der Waals surface area (Å²) in [6.45, 7) is 0. The SMILES string of the molecule is N=N/C(=N\N)c1ccc(C(=O)Nc2ccc(/C=C/C(=O)O)cc2)cc1. The molecule has 0 aliphatic heterocycles. The molecule has 0 radical (unpaired) electrons. The Labute approximate surface area is 143 Å². The molecule has 8 nitrogen and oxygen atoms in total. The highest BCUT2D eigenvalue weighted by Crippen LogP contribution is 2.13. The number of hydrogen-bond donors (Lipinski definition) is 4. The number of carboxylic acids is 1. The number of amides is 1. The Kier molecular flexibility index (Phi) is 5.72. The van der Waals surface area contributed by atoms with Gasteiger partial charge in [0.2, 0.25) is 0 Å².